The van der Waals surface area contributed by atoms with Crippen molar-refractivity contribution in [2.75, 3.05) is 0 Å². The summed E-state index contributed by atoms with van der Waals surface area (Å²) in [5.74, 6) is -1.05. The van der Waals surface area contributed by atoms with Crippen molar-refractivity contribution in [3.8, 4) is 0 Å². The largest absolute Gasteiger partial charge is 0.351 e. The van der Waals surface area contributed by atoms with Gasteiger partial charge in [-0.05, 0) is 61.1 Å². The summed E-state index contributed by atoms with van der Waals surface area (Å²) in [7, 11) is 0. The van der Waals surface area contributed by atoms with Gasteiger partial charge in [-0.2, -0.15) is 8.75 Å². The number of rotatable bonds is 7. The lowest BCUT2D eigenvalue weighted by Crippen LogP contribution is -2.47. The Morgan fingerprint density at radius 1 is 1.12 bits per heavy atom. The number of carbonyl (C=O) groups excluding carboxylic acids is 2. The molecule has 4 rings (SSSR count). The predicted octanol–water partition coefficient (Wildman–Crippen LogP) is 5.13. The van der Waals surface area contributed by atoms with E-state index in [1.54, 1.807) is 12.1 Å². The second-order valence-electron chi connectivity index (χ2n) is 8.88. The van der Waals surface area contributed by atoms with Crippen LogP contribution in [0.25, 0.3) is 0 Å². The summed E-state index contributed by atoms with van der Waals surface area (Å²) in [4.78, 5) is 28.9. The van der Waals surface area contributed by atoms with E-state index in [4.69, 9.17) is 0 Å². The van der Waals surface area contributed by atoms with Crippen molar-refractivity contribution in [1.29, 1.82) is 0 Å². The average molecular weight is 481 g/mol. The number of aromatic nitrogens is 2. The Hall–Kier alpha value is -3.13. The lowest BCUT2D eigenvalue weighted by molar-refractivity contribution is -0.127. The van der Waals surface area contributed by atoms with E-state index in [9.17, 15) is 14.0 Å². The lowest BCUT2D eigenvalue weighted by Gasteiger charge is -2.33. The van der Waals surface area contributed by atoms with E-state index in [-0.39, 0.29) is 30.1 Å². The van der Waals surface area contributed by atoms with Gasteiger partial charge in [0.15, 0.2) is 5.69 Å². The van der Waals surface area contributed by atoms with Crippen molar-refractivity contribution in [2.45, 2.75) is 64.6 Å². The maximum atomic E-state index is 13.8. The van der Waals surface area contributed by atoms with Gasteiger partial charge in [0.1, 0.15) is 11.9 Å². The first-order valence-corrected chi connectivity index (χ1v) is 12.4. The number of carbonyl (C=O) groups is 2. The molecule has 8 heteroatoms. The molecule has 6 nitrogen and oxygen atoms in total. The lowest BCUT2D eigenvalue weighted by atomic mass is 9.94. The summed E-state index contributed by atoms with van der Waals surface area (Å²) in [6.45, 7) is 4.24. The van der Waals surface area contributed by atoms with Gasteiger partial charge in [-0.25, -0.2) is 4.39 Å². The van der Waals surface area contributed by atoms with E-state index in [1.807, 2.05) is 32.0 Å². The molecular formula is C26H29FN4O2S. The highest BCUT2D eigenvalue weighted by Crippen LogP contribution is 2.28. The fourth-order valence-corrected chi connectivity index (χ4v) is 4.91. The van der Waals surface area contributed by atoms with Gasteiger partial charge in [0.05, 0.1) is 17.9 Å². The molecule has 34 heavy (non-hydrogen) atoms. The minimum absolute atomic E-state index is 0.0720. The van der Waals surface area contributed by atoms with Crippen LogP contribution in [0.2, 0.25) is 0 Å². The van der Waals surface area contributed by atoms with Crippen LogP contribution in [0.1, 0.15) is 70.9 Å². The highest BCUT2D eigenvalue weighted by molar-refractivity contribution is 6.99. The Labute approximate surface area is 203 Å². The molecule has 1 saturated carbocycles. The van der Waals surface area contributed by atoms with E-state index < -0.39 is 11.9 Å². The fraction of sp³-hybridized carbons (Fsp3) is 0.385. The zero-order valence-corrected chi connectivity index (χ0v) is 20.3. The Morgan fingerprint density at radius 2 is 1.85 bits per heavy atom. The quantitative estimate of drug-likeness (QED) is 0.509. The topological polar surface area (TPSA) is 75.2 Å². The molecule has 0 saturated heterocycles. The van der Waals surface area contributed by atoms with Crippen LogP contribution >= 0.6 is 11.7 Å². The molecule has 1 N–H and O–H groups in total. The van der Waals surface area contributed by atoms with Crippen molar-refractivity contribution < 1.29 is 14.0 Å². The van der Waals surface area contributed by atoms with Crippen LogP contribution < -0.4 is 5.32 Å². The molecule has 178 valence electrons. The van der Waals surface area contributed by atoms with Crippen molar-refractivity contribution >= 4 is 23.5 Å². The highest BCUT2D eigenvalue weighted by atomic mass is 32.1. The van der Waals surface area contributed by atoms with Crippen molar-refractivity contribution in [1.82, 2.24) is 19.0 Å². The Kier molecular flexibility index (Phi) is 7.67. The van der Waals surface area contributed by atoms with Crippen LogP contribution in [0, 0.1) is 19.7 Å². The second kappa shape index (κ2) is 10.9. The fourth-order valence-electron chi connectivity index (χ4n) is 4.50. The summed E-state index contributed by atoms with van der Waals surface area (Å²) in [5.41, 5.74) is 3.84. The SMILES string of the molecule is Cc1cccc(CN(C(=O)c2cnsn2)C(C(=O)NC2CCCCC2)c2ccc(F)cc2)c1C. The maximum Gasteiger partial charge on any atom is 0.276 e. The van der Waals surface area contributed by atoms with Crippen LogP contribution in [-0.4, -0.2) is 31.5 Å². The molecule has 1 aliphatic rings. The summed E-state index contributed by atoms with van der Waals surface area (Å²) in [5, 5.41) is 3.16. The smallest absolute Gasteiger partial charge is 0.276 e. The first-order valence-electron chi connectivity index (χ1n) is 11.6. The van der Waals surface area contributed by atoms with Gasteiger partial charge in [0.2, 0.25) is 5.91 Å². The van der Waals surface area contributed by atoms with Crippen LogP contribution in [-0.2, 0) is 11.3 Å². The summed E-state index contributed by atoms with van der Waals surface area (Å²) >= 11 is 0.946. The molecule has 1 aromatic heterocycles. The zero-order chi connectivity index (χ0) is 24.1. The third-order valence-corrected chi connectivity index (χ3v) is 7.07. The van der Waals surface area contributed by atoms with Gasteiger partial charge in [-0.1, -0.05) is 49.6 Å². The molecule has 1 heterocycles. The molecule has 1 unspecified atom stereocenters. The van der Waals surface area contributed by atoms with Crippen molar-refractivity contribution in [3.63, 3.8) is 0 Å². The summed E-state index contributed by atoms with van der Waals surface area (Å²) in [6.07, 6.45) is 6.57. The van der Waals surface area contributed by atoms with Gasteiger partial charge in [-0.15, -0.1) is 0 Å². The monoisotopic (exact) mass is 480 g/mol. The second-order valence-corrected chi connectivity index (χ2v) is 9.44. The standard InChI is InChI=1S/C26H29FN4O2S/c1-17-7-6-8-20(18(17)2)16-31(26(33)23-15-28-34-30-23)24(19-11-13-21(27)14-12-19)25(32)29-22-9-4-3-5-10-22/h6-8,11-15,22,24H,3-5,9-10,16H2,1-2H3,(H,29,32). The van der Waals surface area contributed by atoms with Crippen LogP contribution in [0.3, 0.4) is 0 Å². The van der Waals surface area contributed by atoms with E-state index in [0.29, 0.717) is 5.56 Å². The summed E-state index contributed by atoms with van der Waals surface area (Å²) < 4.78 is 21.9. The maximum absolute atomic E-state index is 13.8. The number of aryl methyl sites for hydroxylation is 1. The van der Waals surface area contributed by atoms with E-state index in [0.717, 1.165) is 54.1 Å². The zero-order valence-electron chi connectivity index (χ0n) is 19.5. The van der Waals surface area contributed by atoms with Crippen molar-refractivity contribution in [3.05, 3.63) is 82.4 Å². The Bertz CT molecular complexity index is 1130. The van der Waals surface area contributed by atoms with Gasteiger partial charge in [-0.3, -0.25) is 9.59 Å². The van der Waals surface area contributed by atoms with Crippen LogP contribution in [0.4, 0.5) is 4.39 Å². The number of halogens is 1. The molecule has 0 bridgehead atoms. The van der Waals surface area contributed by atoms with Gasteiger partial charge < -0.3 is 10.2 Å². The van der Waals surface area contributed by atoms with Gasteiger partial charge in [0, 0.05) is 12.6 Å². The predicted molar refractivity (Wildman–Crippen MR) is 130 cm³/mol. The van der Waals surface area contributed by atoms with E-state index in [1.165, 1.54) is 29.7 Å². The molecular weight excluding hydrogens is 451 g/mol. The molecule has 0 radical (unpaired) electrons. The molecule has 3 aromatic rings. The molecule has 0 aliphatic heterocycles. The number of hydrogen-bond donors (Lipinski definition) is 1. The molecule has 1 atom stereocenters. The number of benzene rings is 2. The number of amides is 2. The van der Waals surface area contributed by atoms with E-state index >= 15 is 0 Å². The van der Waals surface area contributed by atoms with Crippen LogP contribution in [0.15, 0.2) is 48.7 Å². The molecule has 0 spiro atoms. The molecule has 1 fully saturated rings. The normalized spacial score (nSPS) is 15.0. The first-order chi connectivity index (χ1) is 16.4. The third kappa shape index (κ3) is 5.50. The number of hydrogen-bond acceptors (Lipinski definition) is 5. The minimum atomic E-state index is -0.934. The van der Waals surface area contributed by atoms with Gasteiger partial charge >= 0.3 is 0 Å². The third-order valence-electron chi connectivity index (χ3n) is 6.60. The van der Waals surface area contributed by atoms with E-state index in [2.05, 4.69) is 14.1 Å². The average Bonchev–Trinajstić information content (AvgIpc) is 3.38. The molecule has 2 amide bonds. The number of nitrogens with zero attached hydrogens (tertiary/aromatic N) is 3. The molecule has 2 aromatic carbocycles. The highest BCUT2D eigenvalue weighted by Gasteiger charge is 2.34. The Morgan fingerprint density at radius 3 is 2.53 bits per heavy atom. The number of nitrogens with one attached hydrogen (secondary N) is 1. The Balaban J connectivity index is 1.75. The van der Waals surface area contributed by atoms with Crippen LogP contribution in [0.5, 0.6) is 0 Å². The summed E-state index contributed by atoms with van der Waals surface area (Å²) in [6, 6.07) is 10.8. The van der Waals surface area contributed by atoms with Crippen molar-refractivity contribution in [2.24, 2.45) is 0 Å². The first kappa shape index (κ1) is 24.0. The molecule has 1 aliphatic carbocycles. The van der Waals surface area contributed by atoms with Gasteiger partial charge in [0.25, 0.3) is 5.91 Å². The minimum Gasteiger partial charge on any atom is -0.351 e.